The van der Waals surface area contributed by atoms with Crippen molar-refractivity contribution >= 4 is 29.1 Å². The van der Waals surface area contributed by atoms with E-state index in [0.29, 0.717) is 22.0 Å². The van der Waals surface area contributed by atoms with E-state index in [1.165, 1.54) is 0 Å². The van der Waals surface area contributed by atoms with Crippen LogP contribution in [0, 0.1) is 0 Å². The number of piperidine rings is 1. The third-order valence-corrected chi connectivity index (χ3v) is 4.28. The van der Waals surface area contributed by atoms with Crippen LogP contribution < -0.4 is 11.1 Å². The molecule has 0 bridgehead atoms. The van der Waals surface area contributed by atoms with E-state index in [4.69, 9.17) is 28.9 Å². The maximum atomic E-state index is 11.0. The Kier molecular flexibility index (Phi) is 4.55. The van der Waals surface area contributed by atoms with Gasteiger partial charge < -0.3 is 16.2 Å². The predicted octanol–water partition coefficient (Wildman–Crippen LogP) is 2.41. The summed E-state index contributed by atoms with van der Waals surface area (Å²) in [5, 5.41) is 14.1. The summed E-state index contributed by atoms with van der Waals surface area (Å²) in [5.41, 5.74) is 5.89. The standard InChI is InChI=1S/C13H16Cl2N2O2/c14-9-1-2-10(18)12(13(9)15)7-3-4-17-8(5-7)6-11(16)19/h1-2,7-8,17-18H,3-6H2,(H2,16,19)/t7-,8+/m0/s1. The zero-order valence-electron chi connectivity index (χ0n) is 10.3. The normalized spacial score (nSPS) is 23.3. The first-order valence-electron chi connectivity index (χ1n) is 6.17. The van der Waals surface area contributed by atoms with Gasteiger partial charge in [-0.3, -0.25) is 4.79 Å². The molecule has 0 aromatic heterocycles. The molecule has 19 heavy (non-hydrogen) atoms. The largest absolute Gasteiger partial charge is 0.508 e. The second kappa shape index (κ2) is 5.99. The Morgan fingerprint density at radius 3 is 2.89 bits per heavy atom. The third kappa shape index (κ3) is 3.32. The van der Waals surface area contributed by atoms with Crippen LogP contribution in [0.2, 0.25) is 10.0 Å². The van der Waals surface area contributed by atoms with Crippen LogP contribution >= 0.6 is 23.2 Å². The molecule has 0 spiro atoms. The number of benzene rings is 1. The van der Waals surface area contributed by atoms with Gasteiger partial charge in [0.05, 0.1) is 10.0 Å². The average molecular weight is 303 g/mol. The van der Waals surface area contributed by atoms with Crippen molar-refractivity contribution in [2.24, 2.45) is 5.73 Å². The number of halogens is 2. The Morgan fingerprint density at radius 2 is 2.21 bits per heavy atom. The van der Waals surface area contributed by atoms with Gasteiger partial charge in [-0.25, -0.2) is 0 Å². The van der Waals surface area contributed by atoms with E-state index in [0.717, 1.165) is 13.0 Å². The Bertz CT molecular complexity index is 494. The molecular weight excluding hydrogens is 287 g/mol. The first-order chi connectivity index (χ1) is 8.99. The summed E-state index contributed by atoms with van der Waals surface area (Å²) in [5.74, 6) is -0.101. The molecule has 104 valence electrons. The summed E-state index contributed by atoms with van der Waals surface area (Å²) in [6.45, 7) is 0.755. The number of carbonyl (C=O) groups is 1. The highest BCUT2D eigenvalue weighted by Crippen LogP contribution is 2.41. The van der Waals surface area contributed by atoms with Gasteiger partial charge in [0.25, 0.3) is 0 Å². The number of rotatable bonds is 3. The van der Waals surface area contributed by atoms with Gasteiger partial charge in [-0.1, -0.05) is 23.2 Å². The lowest BCUT2D eigenvalue weighted by Crippen LogP contribution is -2.40. The number of nitrogens with two attached hydrogens (primary N) is 1. The molecule has 0 saturated carbocycles. The third-order valence-electron chi connectivity index (χ3n) is 3.46. The zero-order chi connectivity index (χ0) is 14.0. The van der Waals surface area contributed by atoms with Gasteiger partial charge in [0.15, 0.2) is 0 Å². The predicted molar refractivity (Wildman–Crippen MR) is 75.7 cm³/mol. The number of phenols is 1. The number of phenolic OH excluding ortho intramolecular Hbond substituents is 1. The lowest BCUT2D eigenvalue weighted by molar-refractivity contribution is -0.118. The Balaban J connectivity index is 2.22. The Morgan fingerprint density at radius 1 is 1.47 bits per heavy atom. The van der Waals surface area contributed by atoms with Crippen LogP contribution in [0.15, 0.2) is 12.1 Å². The molecule has 1 saturated heterocycles. The molecule has 1 fully saturated rings. The van der Waals surface area contributed by atoms with Crippen molar-refractivity contribution in [1.82, 2.24) is 5.32 Å². The molecule has 1 heterocycles. The smallest absolute Gasteiger partial charge is 0.218 e. The van der Waals surface area contributed by atoms with Gasteiger partial charge in [-0.15, -0.1) is 0 Å². The highest BCUT2D eigenvalue weighted by atomic mass is 35.5. The van der Waals surface area contributed by atoms with Crippen LogP contribution in [0.5, 0.6) is 5.75 Å². The van der Waals surface area contributed by atoms with Crippen molar-refractivity contribution in [2.45, 2.75) is 31.2 Å². The highest BCUT2D eigenvalue weighted by molar-refractivity contribution is 6.42. The van der Waals surface area contributed by atoms with Gasteiger partial charge in [0, 0.05) is 18.0 Å². The maximum Gasteiger partial charge on any atom is 0.218 e. The van der Waals surface area contributed by atoms with E-state index >= 15 is 0 Å². The molecule has 1 aromatic rings. The molecule has 1 amide bonds. The summed E-state index contributed by atoms with van der Waals surface area (Å²) in [6.07, 6.45) is 1.83. The van der Waals surface area contributed by atoms with Crippen LogP contribution in [-0.4, -0.2) is 23.6 Å². The van der Waals surface area contributed by atoms with Gasteiger partial charge in [0.1, 0.15) is 5.75 Å². The van der Waals surface area contributed by atoms with Crippen molar-refractivity contribution < 1.29 is 9.90 Å². The fraction of sp³-hybridized carbons (Fsp3) is 0.462. The molecule has 1 aromatic carbocycles. The molecule has 2 atom stereocenters. The molecule has 1 aliphatic heterocycles. The van der Waals surface area contributed by atoms with E-state index in [9.17, 15) is 9.90 Å². The quantitative estimate of drug-likeness (QED) is 0.802. The molecule has 6 heteroatoms. The topological polar surface area (TPSA) is 75.4 Å². The fourth-order valence-corrected chi connectivity index (χ4v) is 3.09. The summed E-state index contributed by atoms with van der Waals surface area (Å²) in [4.78, 5) is 11.0. The van der Waals surface area contributed by atoms with Crippen molar-refractivity contribution in [3.8, 4) is 5.75 Å². The highest BCUT2D eigenvalue weighted by Gasteiger charge is 2.28. The van der Waals surface area contributed by atoms with Gasteiger partial charge >= 0.3 is 0 Å². The van der Waals surface area contributed by atoms with E-state index in [1.807, 2.05) is 0 Å². The first kappa shape index (κ1) is 14.4. The van der Waals surface area contributed by atoms with E-state index < -0.39 is 0 Å². The summed E-state index contributed by atoms with van der Waals surface area (Å²) in [7, 11) is 0. The van der Waals surface area contributed by atoms with Crippen molar-refractivity contribution in [1.29, 1.82) is 0 Å². The number of hydrogen-bond acceptors (Lipinski definition) is 3. The Hall–Kier alpha value is -0.970. The lowest BCUT2D eigenvalue weighted by Gasteiger charge is -2.31. The van der Waals surface area contributed by atoms with Crippen LogP contribution in [0.3, 0.4) is 0 Å². The second-order valence-corrected chi connectivity index (χ2v) is 5.62. The first-order valence-corrected chi connectivity index (χ1v) is 6.93. The molecule has 1 aliphatic rings. The van der Waals surface area contributed by atoms with E-state index in [-0.39, 0.29) is 30.0 Å². The molecule has 0 aliphatic carbocycles. The number of nitrogens with one attached hydrogen (secondary N) is 1. The second-order valence-electron chi connectivity index (χ2n) is 4.84. The minimum absolute atomic E-state index is 0.0192. The van der Waals surface area contributed by atoms with Gasteiger partial charge in [-0.05, 0) is 37.4 Å². The van der Waals surface area contributed by atoms with Gasteiger partial charge in [0.2, 0.25) is 5.91 Å². The molecule has 0 radical (unpaired) electrons. The van der Waals surface area contributed by atoms with Crippen LogP contribution in [-0.2, 0) is 4.79 Å². The number of aromatic hydroxyl groups is 1. The summed E-state index contributed by atoms with van der Waals surface area (Å²) in [6, 6.07) is 3.14. The molecule has 2 rings (SSSR count). The molecule has 4 nitrogen and oxygen atoms in total. The summed E-state index contributed by atoms with van der Waals surface area (Å²) < 4.78 is 0. The number of amides is 1. The van der Waals surface area contributed by atoms with Crippen molar-refractivity contribution in [2.75, 3.05) is 6.54 Å². The monoisotopic (exact) mass is 302 g/mol. The number of carbonyl (C=O) groups excluding carboxylic acids is 1. The summed E-state index contributed by atoms with van der Waals surface area (Å²) >= 11 is 12.2. The fourth-order valence-electron chi connectivity index (χ4n) is 2.61. The molecule has 0 unspecified atom stereocenters. The number of primary amides is 1. The average Bonchev–Trinajstić information content (AvgIpc) is 2.34. The zero-order valence-corrected chi connectivity index (χ0v) is 11.8. The van der Waals surface area contributed by atoms with E-state index in [2.05, 4.69) is 5.32 Å². The van der Waals surface area contributed by atoms with Crippen LogP contribution in [0.1, 0.15) is 30.7 Å². The maximum absolute atomic E-state index is 11.0. The minimum Gasteiger partial charge on any atom is -0.508 e. The number of hydrogen-bond donors (Lipinski definition) is 3. The molecule has 4 N–H and O–H groups in total. The Labute approximate surface area is 121 Å². The van der Waals surface area contributed by atoms with Crippen molar-refractivity contribution in [3.63, 3.8) is 0 Å². The minimum atomic E-state index is -0.334. The van der Waals surface area contributed by atoms with Crippen LogP contribution in [0.25, 0.3) is 0 Å². The van der Waals surface area contributed by atoms with E-state index in [1.54, 1.807) is 12.1 Å². The lowest BCUT2D eigenvalue weighted by atomic mass is 9.85. The van der Waals surface area contributed by atoms with Crippen LogP contribution in [0.4, 0.5) is 0 Å². The van der Waals surface area contributed by atoms with Gasteiger partial charge in [-0.2, -0.15) is 0 Å². The molecular formula is C13H16Cl2N2O2. The SMILES string of the molecule is NC(=O)C[C@H]1C[C@@H](c2c(O)ccc(Cl)c2Cl)CCN1. The van der Waals surface area contributed by atoms with Crippen molar-refractivity contribution in [3.05, 3.63) is 27.7 Å².